The lowest BCUT2D eigenvalue weighted by Crippen LogP contribution is -2.60. The Balaban J connectivity index is 5.04. The predicted octanol–water partition coefficient (Wildman–Crippen LogP) is -4.28. The number of aliphatic carboxylic acids is 2. The highest BCUT2D eigenvalue weighted by Gasteiger charge is 2.31. The number of nitrogens with two attached hydrogens (primary N) is 1. The van der Waals surface area contributed by atoms with Crippen LogP contribution in [0.1, 0.15) is 20.3 Å². The zero-order valence-corrected chi connectivity index (χ0v) is 14.7. The lowest BCUT2D eigenvalue weighted by Gasteiger charge is -2.25. The maximum atomic E-state index is 12.2. The van der Waals surface area contributed by atoms with E-state index in [1.807, 2.05) is 5.32 Å². The molecule has 0 aromatic heterocycles. The average molecular weight is 392 g/mol. The van der Waals surface area contributed by atoms with E-state index in [1.165, 1.54) is 6.92 Å². The van der Waals surface area contributed by atoms with Crippen molar-refractivity contribution in [1.82, 2.24) is 16.0 Å². The first-order chi connectivity index (χ1) is 12.4. The second-order valence-electron chi connectivity index (χ2n) is 5.74. The second-order valence-corrected chi connectivity index (χ2v) is 5.74. The minimum absolute atomic E-state index is 0.714. The number of carbonyl (C=O) groups is 5. The number of amides is 3. The number of aliphatic hydroxyl groups is 2. The molecule has 9 N–H and O–H groups in total. The van der Waals surface area contributed by atoms with Crippen LogP contribution in [0.25, 0.3) is 0 Å². The third-order valence-electron chi connectivity index (χ3n) is 3.34. The molecule has 5 atom stereocenters. The lowest BCUT2D eigenvalue weighted by molar-refractivity contribution is -0.142. The first kappa shape index (κ1) is 24.2. The molecule has 0 radical (unpaired) electrons. The van der Waals surface area contributed by atoms with E-state index < -0.39 is 73.0 Å². The van der Waals surface area contributed by atoms with Crippen LogP contribution in [0, 0.1) is 0 Å². The third kappa shape index (κ3) is 8.44. The molecule has 0 rings (SSSR count). The van der Waals surface area contributed by atoms with Crippen molar-refractivity contribution in [2.75, 3.05) is 6.61 Å². The van der Waals surface area contributed by atoms with Crippen molar-refractivity contribution in [3.05, 3.63) is 0 Å². The number of carboxylic acid groups (broad SMARTS) is 2. The zero-order chi connectivity index (χ0) is 21.3. The van der Waals surface area contributed by atoms with Crippen LogP contribution < -0.4 is 21.7 Å². The standard InChI is InChI=1S/C14H24N4O9/c1-5(14(26)27)16-12(24)8(4-19)17-13(25)10(6(2)20)18-11(23)7(15)3-9(21)22/h5-8,10,19-20H,3-4,15H2,1-2H3,(H,16,24)(H,17,25)(H,18,23)(H,21,22)(H,26,27). The highest BCUT2D eigenvalue weighted by atomic mass is 16.4. The number of nitrogens with one attached hydrogen (secondary N) is 3. The maximum Gasteiger partial charge on any atom is 0.325 e. The molecule has 0 saturated heterocycles. The van der Waals surface area contributed by atoms with E-state index in [0.29, 0.717) is 0 Å². The van der Waals surface area contributed by atoms with Crippen LogP contribution >= 0.6 is 0 Å². The van der Waals surface area contributed by atoms with Gasteiger partial charge in [0.05, 0.1) is 25.2 Å². The molecule has 13 heteroatoms. The van der Waals surface area contributed by atoms with Gasteiger partial charge in [0.15, 0.2) is 0 Å². The molecule has 0 aromatic carbocycles. The van der Waals surface area contributed by atoms with Gasteiger partial charge < -0.3 is 42.1 Å². The highest BCUT2D eigenvalue weighted by Crippen LogP contribution is 1.98. The fraction of sp³-hybridized carbons (Fsp3) is 0.643. The van der Waals surface area contributed by atoms with Crippen molar-refractivity contribution in [3.63, 3.8) is 0 Å². The Bertz CT molecular complexity index is 581. The summed E-state index contributed by atoms with van der Waals surface area (Å²) in [5.41, 5.74) is 5.36. The summed E-state index contributed by atoms with van der Waals surface area (Å²) in [6.07, 6.45) is -2.17. The molecule has 0 aliphatic rings. The normalized spacial score (nSPS) is 16.2. The summed E-state index contributed by atoms with van der Waals surface area (Å²) in [6.45, 7) is 1.43. The van der Waals surface area contributed by atoms with Crippen LogP contribution in [-0.2, 0) is 24.0 Å². The largest absolute Gasteiger partial charge is 0.481 e. The van der Waals surface area contributed by atoms with E-state index in [2.05, 4.69) is 10.6 Å². The van der Waals surface area contributed by atoms with Crippen molar-refractivity contribution < 1.29 is 44.4 Å². The minimum atomic E-state index is -1.60. The quantitative estimate of drug-likeness (QED) is 0.169. The Labute approximate surface area is 153 Å². The molecule has 5 unspecified atom stereocenters. The SMILES string of the molecule is CC(NC(=O)C(CO)NC(=O)C(NC(=O)C(N)CC(=O)O)C(C)O)C(=O)O. The van der Waals surface area contributed by atoms with Crippen molar-refractivity contribution in [2.24, 2.45) is 5.73 Å². The van der Waals surface area contributed by atoms with Gasteiger partial charge in [0.1, 0.15) is 18.1 Å². The van der Waals surface area contributed by atoms with Crippen molar-refractivity contribution in [2.45, 2.75) is 50.5 Å². The molecule has 0 spiro atoms. The Morgan fingerprint density at radius 1 is 0.926 bits per heavy atom. The van der Waals surface area contributed by atoms with Crippen molar-refractivity contribution >= 4 is 29.7 Å². The molecule has 154 valence electrons. The first-order valence-corrected chi connectivity index (χ1v) is 7.80. The molecule has 3 amide bonds. The summed E-state index contributed by atoms with van der Waals surface area (Å²) >= 11 is 0. The summed E-state index contributed by atoms with van der Waals surface area (Å²) < 4.78 is 0. The summed E-state index contributed by atoms with van der Waals surface area (Å²) in [7, 11) is 0. The molecule has 0 fully saturated rings. The van der Waals surface area contributed by atoms with Gasteiger partial charge >= 0.3 is 11.9 Å². The Kier molecular flexibility index (Phi) is 9.92. The van der Waals surface area contributed by atoms with Gasteiger partial charge in [-0.1, -0.05) is 0 Å². The monoisotopic (exact) mass is 392 g/mol. The molecule has 0 saturated carbocycles. The summed E-state index contributed by atoms with van der Waals surface area (Å²) in [5.74, 6) is -5.78. The number of aliphatic hydroxyl groups excluding tert-OH is 2. The number of hydrogen-bond acceptors (Lipinski definition) is 8. The molecule has 0 heterocycles. The van der Waals surface area contributed by atoms with Crippen LogP contribution in [0.3, 0.4) is 0 Å². The number of carboxylic acids is 2. The highest BCUT2D eigenvalue weighted by molar-refractivity contribution is 5.95. The molecule has 0 bridgehead atoms. The van der Waals surface area contributed by atoms with Gasteiger partial charge in [-0.2, -0.15) is 0 Å². The second kappa shape index (κ2) is 11.1. The van der Waals surface area contributed by atoms with E-state index >= 15 is 0 Å². The first-order valence-electron chi connectivity index (χ1n) is 7.80. The van der Waals surface area contributed by atoms with Crippen molar-refractivity contribution in [3.8, 4) is 0 Å². The molecule has 0 aromatic rings. The van der Waals surface area contributed by atoms with Gasteiger partial charge in [0, 0.05) is 0 Å². The van der Waals surface area contributed by atoms with Crippen molar-refractivity contribution in [1.29, 1.82) is 0 Å². The summed E-state index contributed by atoms with van der Waals surface area (Å²) in [5, 5.41) is 42.4. The lowest BCUT2D eigenvalue weighted by atomic mass is 10.1. The fourth-order valence-electron chi connectivity index (χ4n) is 1.78. The number of hydrogen-bond donors (Lipinski definition) is 8. The Hall–Kier alpha value is -2.77. The molecule has 0 aliphatic heterocycles. The number of carbonyl (C=O) groups excluding carboxylic acids is 3. The maximum absolute atomic E-state index is 12.2. The molecule has 0 aliphatic carbocycles. The van der Waals surface area contributed by atoms with Gasteiger partial charge in [-0.15, -0.1) is 0 Å². The average Bonchev–Trinajstić information content (AvgIpc) is 2.55. The summed E-state index contributed by atoms with van der Waals surface area (Å²) in [6, 6.07) is -5.92. The Morgan fingerprint density at radius 2 is 1.48 bits per heavy atom. The van der Waals surface area contributed by atoms with Crippen LogP contribution in [0.15, 0.2) is 0 Å². The van der Waals surface area contributed by atoms with Gasteiger partial charge in [-0.05, 0) is 13.8 Å². The van der Waals surface area contributed by atoms with Crippen LogP contribution in [0.5, 0.6) is 0 Å². The van der Waals surface area contributed by atoms with E-state index in [9.17, 15) is 34.2 Å². The predicted molar refractivity (Wildman–Crippen MR) is 88.1 cm³/mol. The Morgan fingerprint density at radius 3 is 1.89 bits per heavy atom. The van der Waals surface area contributed by atoms with E-state index in [1.54, 1.807) is 0 Å². The van der Waals surface area contributed by atoms with Gasteiger partial charge in [-0.25, -0.2) is 0 Å². The smallest absolute Gasteiger partial charge is 0.325 e. The fourth-order valence-corrected chi connectivity index (χ4v) is 1.78. The van der Waals surface area contributed by atoms with Crippen LogP contribution in [-0.4, -0.2) is 87.0 Å². The molecule has 27 heavy (non-hydrogen) atoms. The number of rotatable bonds is 11. The van der Waals surface area contributed by atoms with Gasteiger partial charge in [0.25, 0.3) is 0 Å². The van der Waals surface area contributed by atoms with Crippen LogP contribution in [0.2, 0.25) is 0 Å². The molecule has 13 nitrogen and oxygen atoms in total. The van der Waals surface area contributed by atoms with Crippen LogP contribution in [0.4, 0.5) is 0 Å². The summed E-state index contributed by atoms with van der Waals surface area (Å²) in [4.78, 5) is 57.2. The molecular formula is C14H24N4O9. The van der Waals surface area contributed by atoms with Gasteiger partial charge in [0.2, 0.25) is 17.7 Å². The van der Waals surface area contributed by atoms with E-state index in [4.69, 9.17) is 15.9 Å². The van der Waals surface area contributed by atoms with E-state index in [0.717, 1.165) is 6.92 Å². The van der Waals surface area contributed by atoms with Gasteiger partial charge in [-0.3, -0.25) is 24.0 Å². The van der Waals surface area contributed by atoms with E-state index in [-0.39, 0.29) is 0 Å². The topological polar surface area (TPSA) is 228 Å². The zero-order valence-electron chi connectivity index (χ0n) is 14.7. The molecular weight excluding hydrogens is 368 g/mol. The third-order valence-corrected chi connectivity index (χ3v) is 3.34. The minimum Gasteiger partial charge on any atom is -0.481 e.